The second-order valence-corrected chi connectivity index (χ2v) is 8.16. The summed E-state index contributed by atoms with van der Waals surface area (Å²) in [5.74, 6) is -0.411. The third-order valence-electron chi connectivity index (χ3n) is 5.63. The molecule has 1 aromatic rings. The number of carbonyl (C=O) groups is 3. The van der Waals surface area contributed by atoms with Crippen LogP contribution in [0.15, 0.2) is 41.7 Å². The zero-order valence-electron chi connectivity index (χ0n) is 14.6. The molecule has 1 aromatic carbocycles. The highest BCUT2D eigenvalue weighted by Crippen LogP contribution is 2.54. The molecule has 0 amide bonds. The van der Waals surface area contributed by atoms with Gasteiger partial charge in [0.2, 0.25) is 5.60 Å². The van der Waals surface area contributed by atoms with Crippen LogP contribution in [0.25, 0.3) is 0 Å². The van der Waals surface area contributed by atoms with E-state index in [0.29, 0.717) is 30.6 Å². The molecule has 0 radical (unpaired) electrons. The van der Waals surface area contributed by atoms with Crippen LogP contribution in [-0.4, -0.2) is 23.0 Å². The largest absolute Gasteiger partial charge is 0.474 e. The number of allylic oxidation sites excluding steroid dienone is 1. The number of hydrogen-bond donors (Lipinski definition) is 0. The fourth-order valence-electron chi connectivity index (χ4n) is 4.55. The molecule has 1 unspecified atom stereocenters. The molecule has 25 heavy (non-hydrogen) atoms. The molecule has 3 aliphatic rings. The maximum atomic E-state index is 13.2. The van der Waals surface area contributed by atoms with Gasteiger partial charge in [0.05, 0.1) is 5.92 Å². The normalized spacial score (nSPS) is 27.4. The lowest BCUT2D eigenvalue weighted by atomic mass is 9.62. The highest BCUT2D eigenvalue weighted by Gasteiger charge is 2.64. The molecule has 1 spiro atoms. The van der Waals surface area contributed by atoms with Crippen LogP contribution in [0.4, 0.5) is 0 Å². The van der Waals surface area contributed by atoms with Gasteiger partial charge in [-0.2, -0.15) is 0 Å². The summed E-state index contributed by atoms with van der Waals surface area (Å²) in [5.41, 5.74) is -0.540. The van der Waals surface area contributed by atoms with Crippen LogP contribution in [0.3, 0.4) is 0 Å². The predicted octanol–water partition coefficient (Wildman–Crippen LogP) is 3.50. The van der Waals surface area contributed by atoms with Gasteiger partial charge in [-0.15, -0.1) is 0 Å². The van der Waals surface area contributed by atoms with Crippen molar-refractivity contribution in [2.24, 2.45) is 5.41 Å². The van der Waals surface area contributed by atoms with E-state index < -0.39 is 11.5 Å². The van der Waals surface area contributed by atoms with Crippen LogP contribution >= 0.6 is 0 Å². The van der Waals surface area contributed by atoms with E-state index in [4.69, 9.17) is 4.74 Å². The van der Waals surface area contributed by atoms with E-state index in [9.17, 15) is 14.4 Å². The van der Waals surface area contributed by atoms with Gasteiger partial charge in [0.25, 0.3) is 0 Å². The molecule has 1 heterocycles. The number of benzene rings is 1. The number of rotatable bonds is 1. The highest BCUT2D eigenvalue weighted by molar-refractivity contribution is 6.17. The monoisotopic (exact) mass is 338 g/mol. The summed E-state index contributed by atoms with van der Waals surface area (Å²) in [5, 5.41) is 0. The predicted molar refractivity (Wildman–Crippen MR) is 91.9 cm³/mol. The Kier molecular flexibility index (Phi) is 3.50. The van der Waals surface area contributed by atoms with Crippen molar-refractivity contribution in [2.45, 2.75) is 57.5 Å². The first-order valence-corrected chi connectivity index (χ1v) is 8.92. The van der Waals surface area contributed by atoms with Crippen LogP contribution < -0.4 is 0 Å². The Bertz CT molecular complexity index is 780. The van der Waals surface area contributed by atoms with Crippen molar-refractivity contribution in [2.75, 3.05) is 0 Å². The number of ketones is 3. The lowest BCUT2D eigenvalue weighted by Crippen LogP contribution is -2.57. The van der Waals surface area contributed by atoms with Crippen molar-refractivity contribution in [3.05, 3.63) is 47.2 Å². The van der Waals surface area contributed by atoms with Gasteiger partial charge >= 0.3 is 0 Å². The molecule has 1 aliphatic heterocycles. The van der Waals surface area contributed by atoms with Gasteiger partial charge in [-0.05, 0) is 17.4 Å². The summed E-state index contributed by atoms with van der Waals surface area (Å²) >= 11 is 0. The Morgan fingerprint density at radius 3 is 2.24 bits per heavy atom. The third-order valence-corrected chi connectivity index (χ3v) is 5.63. The number of ether oxygens (including phenoxy) is 1. The molecule has 0 bridgehead atoms. The van der Waals surface area contributed by atoms with Gasteiger partial charge in [-0.3, -0.25) is 14.4 Å². The fraction of sp³-hybridized carbons (Fsp3) is 0.476. The van der Waals surface area contributed by atoms with Gasteiger partial charge in [0.1, 0.15) is 5.76 Å². The maximum Gasteiger partial charge on any atom is 0.234 e. The minimum Gasteiger partial charge on any atom is -0.474 e. The summed E-state index contributed by atoms with van der Waals surface area (Å²) in [4.78, 5) is 39.1. The Morgan fingerprint density at radius 2 is 1.60 bits per heavy atom. The number of hydrogen-bond acceptors (Lipinski definition) is 4. The molecule has 2 aliphatic carbocycles. The Labute approximate surface area is 147 Å². The van der Waals surface area contributed by atoms with E-state index in [0.717, 1.165) is 5.56 Å². The van der Waals surface area contributed by atoms with Crippen molar-refractivity contribution in [1.29, 1.82) is 0 Å². The topological polar surface area (TPSA) is 60.4 Å². The molecule has 1 atom stereocenters. The molecule has 4 nitrogen and oxygen atoms in total. The van der Waals surface area contributed by atoms with Crippen LogP contribution in [0.2, 0.25) is 0 Å². The van der Waals surface area contributed by atoms with Gasteiger partial charge in [0.15, 0.2) is 17.3 Å². The van der Waals surface area contributed by atoms with E-state index in [1.54, 1.807) is 0 Å². The van der Waals surface area contributed by atoms with Gasteiger partial charge in [0, 0.05) is 31.3 Å². The second kappa shape index (κ2) is 5.38. The van der Waals surface area contributed by atoms with Crippen molar-refractivity contribution in [3.8, 4) is 0 Å². The summed E-state index contributed by atoms with van der Waals surface area (Å²) in [6.45, 7) is 3.86. The molecule has 130 valence electrons. The minimum atomic E-state index is -1.54. The zero-order valence-corrected chi connectivity index (χ0v) is 14.6. The van der Waals surface area contributed by atoms with Crippen LogP contribution in [-0.2, 0) is 19.1 Å². The molecule has 4 rings (SSSR count). The SMILES string of the molecule is CC1(C)CC(=O)C2(OC3=C(C(=O)CCC3)C2c2ccccc2)C(=O)C1. The molecule has 0 saturated heterocycles. The Morgan fingerprint density at radius 1 is 0.960 bits per heavy atom. The van der Waals surface area contributed by atoms with Gasteiger partial charge in [-0.25, -0.2) is 0 Å². The number of Topliss-reactive ketones (excluding diaryl/α,β-unsaturated/α-hetero) is 3. The lowest BCUT2D eigenvalue weighted by molar-refractivity contribution is -0.160. The van der Waals surface area contributed by atoms with Crippen molar-refractivity contribution in [3.63, 3.8) is 0 Å². The first-order valence-electron chi connectivity index (χ1n) is 8.92. The van der Waals surface area contributed by atoms with Gasteiger partial charge < -0.3 is 4.74 Å². The van der Waals surface area contributed by atoms with E-state index in [2.05, 4.69) is 0 Å². The minimum absolute atomic E-state index is 0.0115. The maximum absolute atomic E-state index is 13.2. The third kappa shape index (κ3) is 2.30. The quantitative estimate of drug-likeness (QED) is 0.735. The van der Waals surface area contributed by atoms with Crippen molar-refractivity contribution >= 4 is 17.3 Å². The number of carbonyl (C=O) groups excluding carboxylic acids is 3. The smallest absolute Gasteiger partial charge is 0.234 e. The van der Waals surface area contributed by atoms with Crippen molar-refractivity contribution < 1.29 is 19.1 Å². The highest BCUT2D eigenvalue weighted by atomic mass is 16.5. The van der Waals surface area contributed by atoms with Gasteiger partial charge in [-0.1, -0.05) is 44.2 Å². The fourth-order valence-corrected chi connectivity index (χ4v) is 4.55. The molecule has 0 N–H and O–H groups in total. The average molecular weight is 338 g/mol. The average Bonchev–Trinajstić information content (AvgIpc) is 2.91. The molecule has 1 saturated carbocycles. The summed E-state index contributed by atoms with van der Waals surface area (Å²) in [7, 11) is 0. The van der Waals surface area contributed by atoms with Crippen molar-refractivity contribution in [1.82, 2.24) is 0 Å². The Hall–Kier alpha value is -2.23. The Balaban J connectivity index is 1.90. The van der Waals surface area contributed by atoms with Crippen LogP contribution in [0.5, 0.6) is 0 Å². The zero-order chi connectivity index (χ0) is 17.8. The molecular formula is C21H22O4. The summed E-state index contributed by atoms with van der Waals surface area (Å²) in [6.07, 6.45) is 2.36. The molecule has 4 heteroatoms. The molecule has 1 fully saturated rings. The first kappa shape index (κ1) is 16.2. The standard InChI is InChI=1S/C21H22O4/c1-20(2)11-16(23)21(17(24)12-20)19(13-7-4-3-5-8-13)18-14(22)9-6-10-15(18)25-21/h3-5,7-8,19H,6,9-12H2,1-2H3. The molecular weight excluding hydrogens is 316 g/mol. The van der Waals surface area contributed by atoms with E-state index in [1.165, 1.54) is 0 Å². The van der Waals surface area contributed by atoms with Crippen LogP contribution in [0.1, 0.15) is 57.4 Å². The van der Waals surface area contributed by atoms with Crippen LogP contribution in [0, 0.1) is 5.41 Å². The lowest BCUT2D eigenvalue weighted by Gasteiger charge is -2.41. The van der Waals surface area contributed by atoms with E-state index in [1.807, 2.05) is 44.2 Å². The molecule has 0 aromatic heterocycles. The second-order valence-electron chi connectivity index (χ2n) is 8.16. The summed E-state index contributed by atoms with van der Waals surface area (Å²) < 4.78 is 6.11. The first-order chi connectivity index (χ1) is 11.8. The van der Waals surface area contributed by atoms with E-state index in [-0.39, 0.29) is 35.6 Å². The van der Waals surface area contributed by atoms with E-state index >= 15 is 0 Å². The summed E-state index contributed by atoms with van der Waals surface area (Å²) in [6, 6.07) is 9.40.